The number of Topliss-reactive ketones (excluding diaryl/α,β-unsaturated/α-hetero) is 1. The summed E-state index contributed by atoms with van der Waals surface area (Å²) in [6.45, 7) is 7.37. The van der Waals surface area contributed by atoms with E-state index in [-0.39, 0.29) is 11.3 Å². The van der Waals surface area contributed by atoms with Gasteiger partial charge in [-0.3, -0.25) is 9.59 Å². The van der Waals surface area contributed by atoms with Crippen molar-refractivity contribution in [3.63, 3.8) is 0 Å². The molecule has 1 atom stereocenters. The first-order valence-corrected chi connectivity index (χ1v) is 11.4. The molecule has 0 saturated carbocycles. The van der Waals surface area contributed by atoms with Crippen LogP contribution in [0.5, 0.6) is 5.75 Å². The Labute approximate surface area is 199 Å². The van der Waals surface area contributed by atoms with Gasteiger partial charge in [0.2, 0.25) is 0 Å². The number of aryl methyl sites for hydroxylation is 1. The van der Waals surface area contributed by atoms with E-state index < -0.39 is 17.7 Å². The molecule has 0 aliphatic carbocycles. The summed E-state index contributed by atoms with van der Waals surface area (Å²) in [6, 6.07) is 11.5. The third-order valence-corrected chi connectivity index (χ3v) is 5.75. The first kappa shape index (κ1) is 24.8. The van der Waals surface area contributed by atoms with Crippen LogP contribution >= 0.6 is 11.6 Å². The van der Waals surface area contributed by atoms with Crippen LogP contribution in [0.2, 0.25) is 5.02 Å². The number of ketones is 1. The van der Waals surface area contributed by atoms with Crippen LogP contribution < -0.4 is 4.74 Å². The van der Waals surface area contributed by atoms with E-state index in [0.717, 1.165) is 11.3 Å². The largest absolute Gasteiger partial charge is 0.507 e. The molecule has 0 aromatic heterocycles. The molecule has 0 bridgehead atoms. The lowest BCUT2D eigenvalue weighted by atomic mass is 9.94. The second kappa shape index (κ2) is 10.9. The van der Waals surface area contributed by atoms with E-state index in [4.69, 9.17) is 21.1 Å². The number of hydrogen-bond acceptors (Lipinski definition) is 5. The molecule has 7 heteroatoms. The van der Waals surface area contributed by atoms with Gasteiger partial charge in [0.05, 0.1) is 18.2 Å². The predicted molar refractivity (Wildman–Crippen MR) is 128 cm³/mol. The lowest BCUT2D eigenvalue weighted by molar-refractivity contribution is -0.140. The molecule has 1 heterocycles. The van der Waals surface area contributed by atoms with E-state index in [1.165, 1.54) is 4.90 Å². The van der Waals surface area contributed by atoms with Gasteiger partial charge >= 0.3 is 0 Å². The van der Waals surface area contributed by atoms with Gasteiger partial charge in [0.15, 0.2) is 0 Å². The van der Waals surface area contributed by atoms with Crippen LogP contribution in [0.4, 0.5) is 0 Å². The second-order valence-corrected chi connectivity index (χ2v) is 9.01. The third kappa shape index (κ3) is 5.57. The molecule has 1 amide bonds. The fourth-order valence-corrected chi connectivity index (χ4v) is 3.98. The van der Waals surface area contributed by atoms with Crippen molar-refractivity contribution < 1.29 is 24.2 Å². The van der Waals surface area contributed by atoms with Crippen molar-refractivity contribution in [1.82, 2.24) is 4.90 Å². The number of benzene rings is 2. The minimum absolute atomic E-state index is 0.0648. The summed E-state index contributed by atoms with van der Waals surface area (Å²) < 4.78 is 10.9. The molecule has 33 heavy (non-hydrogen) atoms. The van der Waals surface area contributed by atoms with Crippen LogP contribution in [0.1, 0.15) is 43.0 Å². The lowest BCUT2D eigenvalue weighted by Crippen LogP contribution is -2.31. The zero-order chi connectivity index (χ0) is 24.1. The number of aliphatic hydroxyl groups is 1. The van der Waals surface area contributed by atoms with Crippen molar-refractivity contribution in [3.8, 4) is 5.75 Å². The lowest BCUT2D eigenvalue weighted by Gasteiger charge is -2.25. The molecule has 1 saturated heterocycles. The highest BCUT2D eigenvalue weighted by atomic mass is 35.5. The molecule has 176 valence electrons. The van der Waals surface area contributed by atoms with Gasteiger partial charge in [0.25, 0.3) is 11.7 Å². The summed E-state index contributed by atoms with van der Waals surface area (Å²) in [7, 11) is 1.58. The Morgan fingerprint density at radius 3 is 2.45 bits per heavy atom. The van der Waals surface area contributed by atoms with Crippen LogP contribution in [0.25, 0.3) is 5.76 Å². The standard InChI is InChI=1S/C26H30ClNO5/c1-16(2)15-33-21-11-8-19(14-17(21)3)24(29)22-23(18-6-9-20(27)10-7-18)28(12-5-13-32-4)26(31)25(22)30/h6-11,14,16,23,29H,5,12-13,15H2,1-4H3/t23-/m0/s1. The Morgan fingerprint density at radius 2 is 1.85 bits per heavy atom. The molecule has 0 spiro atoms. The summed E-state index contributed by atoms with van der Waals surface area (Å²) in [5.74, 6) is -0.453. The monoisotopic (exact) mass is 471 g/mol. The average Bonchev–Trinajstić information content (AvgIpc) is 3.03. The fourth-order valence-electron chi connectivity index (χ4n) is 3.85. The number of ether oxygens (including phenoxy) is 2. The number of rotatable bonds is 9. The number of methoxy groups -OCH3 is 1. The van der Waals surface area contributed by atoms with Crippen molar-refractivity contribution in [2.24, 2.45) is 5.92 Å². The quantitative estimate of drug-likeness (QED) is 0.237. The molecular formula is C26H30ClNO5. The molecule has 0 radical (unpaired) electrons. The Hall–Kier alpha value is -2.83. The van der Waals surface area contributed by atoms with Gasteiger partial charge in [-0.25, -0.2) is 0 Å². The maximum Gasteiger partial charge on any atom is 0.295 e. The number of amides is 1. The summed E-state index contributed by atoms with van der Waals surface area (Å²) in [6.07, 6.45) is 0.564. The second-order valence-electron chi connectivity index (χ2n) is 8.58. The third-order valence-electron chi connectivity index (χ3n) is 5.49. The first-order chi connectivity index (χ1) is 15.7. The van der Waals surface area contributed by atoms with Crippen LogP contribution in [0, 0.1) is 12.8 Å². The molecule has 6 nitrogen and oxygen atoms in total. The van der Waals surface area contributed by atoms with Gasteiger partial charge in [0, 0.05) is 30.8 Å². The van der Waals surface area contributed by atoms with Gasteiger partial charge in [-0.2, -0.15) is 0 Å². The van der Waals surface area contributed by atoms with E-state index in [0.29, 0.717) is 48.2 Å². The van der Waals surface area contributed by atoms with Crippen molar-refractivity contribution >= 4 is 29.1 Å². The predicted octanol–water partition coefficient (Wildman–Crippen LogP) is 5.14. The highest BCUT2D eigenvalue weighted by Gasteiger charge is 2.45. The molecule has 0 unspecified atom stereocenters. The Balaban J connectivity index is 2.04. The maximum atomic E-state index is 13.1. The molecular weight excluding hydrogens is 442 g/mol. The molecule has 2 aromatic carbocycles. The minimum Gasteiger partial charge on any atom is -0.507 e. The fraction of sp³-hybridized carbons (Fsp3) is 0.385. The van der Waals surface area contributed by atoms with E-state index in [2.05, 4.69) is 13.8 Å². The van der Waals surface area contributed by atoms with E-state index in [1.54, 1.807) is 49.6 Å². The van der Waals surface area contributed by atoms with Crippen LogP contribution in [0.15, 0.2) is 48.0 Å². The number of carbonyl (C=O) groups is 2. The molecule has 3 rings (SSSR count). The van der Waals surface area contributed by atoms with Crippen LogP contribution in [-0.2, 0) is 14.3 Å². The highest BCUT2D eigenvalue weighted by molar-refractivity contribution is 6.46. The molecule has 1 N–H and O–H groups in total. The number of halogens is 1. The van der Waals surface area contributed by atoms with Gasteiger partial charge in [-0.15, -0.1) is 0 Å². The molecule has 2 aromatic rings. The smallest absolute Gasteiger partial charge is 0.295 e. The molecule has 1 aliphatic rings. The Morgan fingerprint density at radius 1 is 1.15 bits per heavy atom. The SMILES string of the molecule is COCCCN1C(=O)C(=O)C(=C(O)c2ccc(OCC(C)C)c(C)c2)[C@@H]1c1ccc(Cl)cc1. The van der Waals surface area contributed by atoms with Crippen molar-refractivity contribution in [2.75, 3.05) is 26.9 Å². The summed E-state index contributed by atoms with van der Waals surface area (Å²) >= 11 is 6.05. The number of nitrogens with zero attached hydrogens (tertiary/aromatic N) is 1. The van der Waals surface area contributed by atoms with Gasteiger partial charge < -0.3 is 19.5 Å². The topological polar surface area (TPSA) is 76.1 Å². The molecule has 1 aliphatic heterocycles. The summed E-state index contributed by atoms with van der Waals surface area (Å²) in [4.78, 5) is 27.5. The molecule has 1 fully saturated rings. The van der Waals surface area contributed by atoms with Crippen molar-refractivity contribution in [3.05, 3.63) is 69.8 Å². The van der Waals surface area contributed by atoms with E-state index in [1.807, 2.05) is 6.92 Å². The first-order valence-electron chi connectivity index (χ1n) is 11.0. The van der Waals surface area contributed by atoms with Crippen molar-refractivity contribution in [2.45, 2.75) is 33.2 Å². The number of aliphatic hydroxyl groups excluding tert-OH is 1. The zero-order valence-corrected chi connectivity index (χ0v) is 20.2. The Bertz CT molecular complexity index is 1050. The van der Waals surface area contributed by atoms with E-state index in [9.17, 15) is 14.7 Å². The van der Waals surface area contributed by atoms with Crippen molar-refractivity contribution in [1.29, 1.82) is 0 Å². The average molecular weight is 472 g/mol. The van der Waals surface area contributed by atoms with Crippen LogP contribution in [-0.4, -0.2) is 48.6 Å². The van der Waals surface area contributed by atoms with E-state index >= 15 is 0 Å². The van der Waals surface area contributed by atoms with Gasteiger partial charge in [0.1, 0.15) is 11.5 Å². The van der Waals surface area contributed by atoms with Gasteiger partial charge in [-0.1, -0.05) is 37.6 Å². The summed E-state index contributed by atoms with van der Waals surface area (Å²) in [5, 5.41) is 11.8. The summed E-state index contributed by atoms with van der Waals surface area (Å²) in [5.41, 5.74) is 2.05. The highest BCUT2D eigenvalue weighted by Crippen LogP contribution is 2.40. The van der Waals surface area contributed by atoms with Crippen LogP contribution in [0.3, 0.4) is 0 Å². The number of hydrogen-bond donors (Lipinski definition) is 1. The Kier molecular flexibility index (Phi) is 8.16. The normalized spacial score (nSPS) is 17.8. The number of likely N-dealkylation sites (tertiary alicyclic amines) is 1. The number of carbonyl (C=O) groups excluding carboxylic acids is 2. The maximum absolute atomic E-state index is 13.1. The minimum atomic E-state index is -0.712. The zero-order valence-electron chi connectivity index (χ0n) is 19.4. The van der Waals surface area contributed by atoms with Gasteiger partial charge in [-0.05, 0) is 60.7 Å².